The van der Waals surface area contributed by atoms with Gasteiger partial charge in [-0.25, -0.2) is 0 Å². The van der Waals surface area contributed by atoms with E-state index in [1.165, 1.54) is 0 Å². The van der Waals surface area contributed by atoms with Gasteiger partial charge in [0.25, 0.3) is 5.91 Å². The zero-order chi connectivity index (χ0) is 17.1. The van der Waals surface area contributed by atoms with Gasteiger partial charge in [-0.1, -0.05) is 35.0 Å². The van der Waals surface area contributed by atoms with E-state index in [4.69, 9.17) is 23.2 Å². The monoisotopic (exact) mass is 385 g/mol. The second-order valence-corrected chi connectivity index (χ2v) is 7.64. The van der Waals surface area contributed by atoms with E-state index < -0.39 is 0 Å². The van der Waals surface area contributed by atoms with Crippen molar-refractivity contribution >= 4 is 51.9 Å². The van der Waals surface area contributed by atoms with Gasteiger partial charge in [0, 0.05) is 24.4 Å². The van der Waals surface area contributed by atoms with Crippen molar-refractivity contribution < 1.29 is 9.59 Å². The topological polar surface area (TPSA) is 61.8 Å². The van der Waals surface area contributed by atoms with Gasteiger partial charge in [-0.15, -0.1) is 0 Å². The molecule has 24 heavy (non-hydrogen) atoms. The summed E-state index contributed by atoms with van der Waals surface area (Å²) in [6, 6.07) is 4.84. The van der Waals surface area contributed by atoms with Crippen LogP contribution in [0, 0.1) is 5.92 Å². The van der Waals surface area contributed by atoms with Crippen LogP contribution in [0.2, 0.25) is 10.0 Å². The predicted octanol–water partition coefficient (Wildman–Crippen LogP) is 3.06. The molecule has 1 N–H and O–H groups in total. The lowest BCUT2D eigenvalue weighted by molar-refractivity contribution is -0.124. The Labute approximate surface area is 154 Å². The summed E-state index contributed by atoms with van der Waals surface area (Å²) in [7, 11) is 0. The standard InChI is InChI=1S/C16H17Cl2N3O2S/c17-12-4-3-10(8-13(12)18)15(23)21-6-1-2-11(9-21)14(22)20-16-19-5-7-24-16/h3-4,8,11H,1-2,5-7,9H2,(H,19,20,22). The first-order chi connectivity index (χ1) is 11.5. The highest BCUT2D eigenvalue weighted by Crippen LogP contribution is 2.25. The Hall–Kier alpha value is -1.24. The van der Waals surface area contributed by atoms with Gasteiger partial charge in [0.1, 0.15) is 0 Å². The number of rotatable bonds is 2. The maximum Gasteiger partial charge on any atom is 0.253 e. The van der Waals surface area contributed by atoms with Crippen LogP contribution in [0.4, 0.5) is 0 Å². The third-order valence-corrected chi connectivity index (χ3v) is 5.69. The number of piperidine rings is 1. The Balaban J connectivity index is 1.64. The summed E-state index contributed by atoms with van der Waals surface area (Å²) < 4.78 is 0. The van der Waals surface area contributed by atoms with Crippen LogP contribution in [0.3, 0.4) is 0 Å². The first-order valence-corrected chi connectivity index (χ1v) is 9.51. The molecule has 5 nitrogen and oxygen atoms in total. The fourth-order valence-corrected chi connectivity index (χ4v) is 3.83. The van der Waals surface area contributed by atoms with Crippen molar-refractivity contribution in [2.75, 3.05) is 25.4 Å². The lowest BCUT2D eigenvalue weighted by Crippen LogP contribution is -2.46. The molecule has 1 atom stereocenters. The third kappa shape index (κ3) is 4.05. The number of halogens is 2. The predicted molar refractivity (Wildman–Crippen MR) is 98.0 cm³/mol. The molecule has 0 spiro atoms. The number of nitrogens with zero attached hydrogens (tertiary/aromatic N) is 2. The molecule has 1 saturated heterocycles. The Bertz CT molecular complexity index is 696. The molecule has 2 amide bonds. The van der Waals surface area contributed by atoms with Crippen LogP contribution in [-0.2, 0) is 4.79 Å². The highest BCUT2D eigenvalue weighted by atomic mass is 35.5. The number of carbonyl (C=O) groups is 2. The molecule has 3 rings (SSSR count). The SMILES string of the molecule is O=C(NC1=NCCS1)C1CCCN(C(=O)c2ccc(Cl)c(Cl)c2)C1. The minimum absolute atomic E-state index is 0.0604. The van der Waals surface area contributed by atoms with Gasteiger partial charge in [0.2, 0.25) is 5.91 Å². The molecule has 0 radical (unpaired) electrons. The number of aliphatic imine (C=N–C) groups is 1. The Morgan fingerprint density at radius 2 is 2.12 bits per heavy atom. The van der Waals surface area contributed by atoms with E-state index in [9.17, 15) is 9.59 Å². The maximum atomic E-state index is 12.6. The van der Waals surface area contributed by atoms with Gasteiger partial charge < -0.3 is 10.2 Å². The van der Waals surface area contributed by atoms with E-state index in [0.717, 1.165) is 25.1 Å². The van der Waals surface area contributed by atoms with Gasteiger partial charge in [-0.05, 0) is 31.0 Å². The van der Waals surface area contributed by atoms with Crippen molar-refractivity contribution in [3.63, 3.8) is 0 Å². The van der Waals surface area contributed by atoms with Crippen LogP contribution < -0.4 is 5.32 Å². The highest BCUT2D eigenvalue weighted by molar-refractivity contribution is 8.14. The molecule has 0 bridgehead atoms. The Morgan fingerprint density at radius 3 is 2.83 bits per heavy atom. The molecule has 1 fully saturated rings. The van der Waals surface area contributed by atoms with Gasteiger partial charge in [-0.3, -0.25) is 14.6 Å². The fraction of sp³-hybridized carbons (Fsp3) is 0.438. The summed E-state index contributed by atoms with van der Waals surface area (Å²) in [5.41, 5.74) is 0.487. The van der Waals surface area contributed by atoms with Crippen LogP contribution in [0.25, 0.3) is 0 Å². The lowest BCUT2D eigenvalue weighted by Gasteiger charge is -2.32. The average molecular weight is 386 g/mol. The minimum atomic E-state index is -0.214. The molecule has 0 saturated carbocycles. The van der Waals surface area contributed by atoms with E-state index >= 15 is 0 Å². The number of amides is 2. The first-order valence-electron chi connectivity index (χ1n) is 7.77. The Kier molecular flexibility index (Phi) is 5.69. The molecule has 2 aliphatic heterocycles. The molecule has 0 aliphatic carbocycles. The number of nitrogens with one attached hydrogen (secondary N) is 1. The first kappa shape index (κ1) is 17.6. The van der Waals surface area contributed by atoms with E-state index in [2.05, 4.69) is 10.3 Å². The van der Waals surface area contributed by atoms with Gasteiger partial charge in [0.05, 0.1) is 22.5 Å². The fourth-order valence-electron chi connectivity index (χ4n) is 2.81. The summed E-state index contributed by atoms with van der Waals surface area (Å²) in [5, 5.41) is 4.32. The molecule has 2 heterocycles. The van der Waals surface area contributed by atoms with Crippen molar-refractivity contribution in [2.45, 2.75) is 12.8 Å². The van der Waals surface area contributed by atoms with E-state index in [1.807, 2.05) is 0 Å². The highest BCUT2D eigenvalue weighted by Gasteiger charge is 2.30. The quantitative estimate of drug-likeness (QED) is 0.850. The molecular weight excluding hydrogens is 369 g/mol. The molecule has 0 aromatic heterocycles. The van der Waals surface area contributed by atoms with Crippen LogP contribution in [0.5, 0.6) is 0 Å². The summed E-state index contributed by atoms with van der Waals surface area (Å²) in [6.07, 6.45) is 1.57. The van der Waals surface area contributed by atoms with E-state index in [1.54, 1.807) is 34.9 Å². The minimum Gasteiger partial charge on any atom is -0.338 e. The number of benzene rings is 1. The normalized spacial score (nSPS) is 20.7. The molecule has 2 aliphatic rings. The number of likely N-dealkylation sites (tertiary alicyclic amines) is 1. The summed E-state index contributed by atoms with van der Waals surface area (Å²) in [5.74, 6) is 0.505. The molecule has 1 aromatic rings. The zero-order valence-corrected chi connectivity index (χ0v) is 15.3. The number of hydrogen-bond donors (Lipinski definition) is 1. The van der Waals surface area contributed by atoms with Crippen molar-refractivity contribution in [1.29, 1.82) is 0 Å². The van der Waals surface area contributed by atoms with Crippen molar-refractivity contribution in [2.24, 2.45) is 10.9 Å². The molecule has 128 valence electrons. The van der Waals surface area contributed by atoms with Crippen LogP contribution in [0.15, 0.2) is 23.2 Å². The van der Waals surface area contributed by atoms with E-state index in [-0.39, 0.29) is 17.7 Å². The Morgan fingerprint density at radius 1 is 1.29 bits per heavy atom. The van der Waals surface area contributed by atoms with Crippen molar-refractivity contribution in [3.05, 3.63) is 33.8 Å². The smallest absolute Gasteiger partial charge is 0.253 e. The third-order valence-electron chi connectivity index (χ3n) is 4.06. The van der Waals surface area contributed by atoms with E-state index in [0.29, 0.717) is 33.9 Å². The number of thioether (sulfide) groups is 1. The van der Waals surface area contributed by atoms with Crippen molar-refractivity contribution in [3.8, 4) is 0 Å². The number of amidine groups is 1. The molecule has 1 aromatic carbocycles. The lowest BCUT2D eigenvalue weighted by atomic mass is 9.96. The second-order valence-electron chi connectivity index (χ2n) is 5.74. The van der Waals surface area contributed by atoms with Crippen molar-refractivity contribution in [1.82, 2.24) is 10.2 Å². The maximum absolute atomic E-state index is 12.6. The average Bonchev–Trinajstić information content (AvgIpc) is 3.10. The summed E-state index contributed by atoms with van der Waals surface area (Å²) >= 11 is 13.4. The molecule has 1 unspecified atom stereocenters. The zero-order valence-electron chi connectivity index (χ0n) is 12.9. The van der Waals surface area contributed by atoms with Crippen LogP contribution >= 0.6 is 35.0 Å². The second kappa shape index (κ2) is 7.76. The van der Waals surface area contributed by atoms with Gasteiger partial charge in [-0.2, -0.15) is 0 Å². The number of hydrogen-bond acceptors (Lipinski definition) is 4. The molecular formula is C16H17Cl2N3O2S. The molecule has 8 heteroatoms. The summed E-state index contributed by atoms with van der Waals surface area (Å²) in [6.45, 7) is 1.79. The van der Waals surface area contributed by atoms with Crippen LogP contribution in [-0.4, -0.2) is 47.3 Å². The number of carbonyl (C=O) groups excluding carboxylic acids is 2. The van der Waals surface area contributed by atoms with Gasteiger partial charge >= 0.3 is 0 Å². The summed E-state index contributed by atoms with van der Waals surface area (Å²) in [4.78, 5) is 31.0. The van der Waals surface area contributed by atoms with Crippen LogP contribution in [0.1, 0.15) is 23.2 Å². The van der Waals surface area contributed by atoms with Gasteiger partial charge in [0.15, 0.2) is 5.17 Å². The largest absolute Gasteiger partial charge is 0.338 e.